The number of nitrogens with two attached hydrogens (primary N) is 1. The van der Waals surface area contributed by atoms with Crippen LogP contribution in [0.25, 0.3) is 0 Å². The molecule has 68 valence electrons. The number of hydrogen-bond acceptors (Lipinski definition) is 1. The van der Waals surface area contributed by atoms with Gasteiger partial charge in [0.1, 0.15) is 0 Å². The summed E-state index contributed by atoms with van der Waals surface area (Å²) in [7, 11) is 0. The minimum Gasteiger partial charge on any atom is -0.324 e. The van der Waals surface area contributed by atoms with Crippen molar-refractivity contribution in [3.63, 3.8) is 0 Å². The van der Waals surface area contributed by atoms with E-state index in [2.05, 4.69) is 13.5 Å². The Hall–Kier alpha value is -0.560. The first-order valence-electron chi connectivity index (χ1n) is 4.89. The average Bonchev–Trinajstić information content (AvgIpc) is 2.09. The van der Waals surface area contributed by atoms with E-state index in [0.717, 1.165) is 12.8 Å². The molecule has 0 spiro atoms. The molecule has 0 aromatic rings. The first kappa shape index (κ1) is 9.53. The van der Waals surface area contributed by atoms with E-state index < -0.39 is 0 Å². The van der Waals surface area contributed by atoms with Crippen LogP contribution in [0.15, 0.2) is 23.8 Å². The first-order valence-corrected chi connectivity index (χ1v) is 4.89. The highest BCUT2D eigenvalue weighted by Gasteiger charge is 2.16. The maximum Gasteiger partial charge on any atom is 0.0259 e. The molecule has 0 amide bonds. The zero-order chi connectivity index (χ0) is 8.97. The van der Waals surface area contributed by atoms with Crippen LogP contribution < -0.4 is 5.73 Å². The van der Waals surface area contributed by atoms with Crippen LogP contribution in [0.3, 0.4) is 0 Å². The Kier molecular flexibility index (Phi) is 3.54. The molecule has 1 aliphatic rings. The monoisotopic (exact) mass is 165 g/mol. The maximum atomic E-state index is 6.03. The predicted molar refractivity (Wildman–Crippen MR) is 54.0 cm³/mol. The molecule has 0 aromatic heterocycles. The van der Waals surface area contributed by atoms with Gasteiger partial charge in [-0.2, -0.15) is 0 Å². The van der Waals surface area contributed by atoms with E-state index >= 15 is 0 Å². The molecule has 0 saturated heterocycles. The molecule has 1 aliphatic carbocycles. The van der Waals surface area contributed by atoms with Crippen LogP contribution in [0.4, 0.5) is 0 Å². The number of allylic oxidation sites excluding steroid dienone is 2. The Labute approximate surface area is 75.3 Å². The van der Waals surface area contributed by atoms with Crippen molar-refractivity contribution in [3.8, 4) is 0 Å². The fraction of sp³-hybridized carbons (Fsp3) is 0.636. The molecule has 0 fully saturated rings. The summed E-state index contributed by atoms with van der Waals surface area (Å²) in [4.78, 5) is 0. The van der Waals surface area contributed by atoms with Crippen LogP contribution in [-0.4, -0.2) is 6.04 Å². The van der Waals surface area contributed by atoms with Gasteiger partial charge in [-0.1, -0.05) is 31.6 Å². The highest BCUT2D eigenvalue weighted by atomic mass is 14.6. The van der Waals surface area contributed by atoms with Crippen LogP contribution in [0.2, 0.25) is 0 Å². The fourth-order valence-corrected chi connectivity index (χ4v) is 1.93. The van der Waals surface area contributed by atoms with Crippen molar-refractivity contribution >= 4 is 0 Å². The smallest absolute Gasteiger partial charge is 0.0259 e. The Morgan fingerprint density at radius 3 is 3.00 bits per heavy atom. The molecule has 0 saturated carbocycles. The van der Waals surface area contributed by atoms with Gasteiger partial charge in [0.2, 0.25) is 0 Å². The zero-order valence-corrected chi connectivity index (χ0v) is 7.97. The summed E-state index contributed by atoms with van der Waals surface area (Å²) in [6.45, 7) is 6.04. The van der Waals surface area contributed by atoms with E-state index in [9.17, 15) is 0 Å². The van der Waals surface area contributed by atoms with Crippen molar-refractivity contribution in [1.82, 2.24) is 0 Å². The lowest BCUT2D eigenvalue weighted by molar-refractivity contribution is 0.577. The van der Waals surface area contributed by atoms with E-state index in [1.54, 1.807) is 0 Å². The third-order valence-electron chi connectivity index (χ3n) is 2.59. The SMILES string of the molecule is C=CC1=C(CCC)C(N)CCC1. The molecule has 0 aromatic carbocycles. The van der Waals surface area contributed by atoms with E-state index in [1.807, 2.05) is 6.08 Å². The standard InChI is InChI=1S/C11H19N/c1-3-6-10-9(4-2)7-5-8-11(10)12/h4,11H,2-3,5-8,12H2,1H3. The summed E-state index contributed by atoms with van der Waals surface area (Å²) in [6, 6.07) is 0.312. The number of hydrogen-bond donors (Lipinski definition) is 1. The third-order valence-corrected chi connectivity index (χ3v) is 2.59. The molecule has 2 N–H and O–H groups in total. The van der Waals surface area contributed by atoms with E-state index in [-0.39, 0.29) is 0 Å². The van der Waals surface area contributed by atoms with Gasteiger partial charge >= 0.3 is 0 Å². The number of rotatable bonds is 3. The Morgan fingerprint density at radius 1 is 1.67 bits per heavy atom. The van der Waals surface area contributed by atoms with Gasteiger partial charge in [-0.15, -0.1) is 0 Å². The minimum absolute atomic E-state index is 0.312. The van der Waals surface area contributed by atoms with Gasteiger partial charge in [-0.25, -0.2) is 0 Å². The first-order chi connectivity index (χ1) is 5.79. The van der Waals surface area contributed by atoms with Gasteiger partial charge in [0.05, 0.1) is 0 Å². The van der Waals surface area contributed by atoms with Crippen LogP contribution in [-0.2, 0) is 0 Å². The molecule has 12 heavy (non-hydrogen) atoms. The van der Waals surface area contributed by atoms with Gasteiger partial charge < -0.3 is 5.73 Å². The van der Waals surface area contributed by atoms with Gasteiger partial charge in [-0.05, 0) is 31.3 Å². The quantitative estimate of drug-likeness (QED) is 0.683. The summed E-state index contributed by atoms with van der Waals surface area (Å²) in [5, 5.41) is 0. The van der Waals surface area contributed by atoms with E-state index in [0.29, 0.717) is 6.04 Å². The molecule has 1 heteroatoms. The predicted octanol–water partition coefficient (Wildman–Crippen LogP) is 2.78. The topological polar surface area (TPSA) is 26.0 Å². The molecule has 1 rings (SSSR count). The Bertz CT molecular complexity index is 191. The summed E-state index contributed by atoms with van der Waals surface area (Å²) in [5.41, 5.74) is 8.90. The molecule has 1 nitrogen and oxygen atoms in total. The van der Waals surface area contributed by atoms with Crippen LogP contribution in [0, 0.1) is 0 Å². The molecular formula is C11H19N. The molecule has 0 bridgehead atoms. The third kappa shape index (κ3) is 1.98. The summed E-state index contributed by atoms with van der Waals surface area (Å²) < 4.78 is 0. The summed E-state index contributed by atoms with van der Waals surface area (Å²) >= 11 is 0. The van der Waals surface area contributed by atoms with Gasteiger partial charge in [0.25, 0.3) is 0 Å². The normalized spacial score (nSPS) is 24.3. The second-order valence-electron chi connectivity index (χ2n) is 3.50. The van der Waals surface area contributed by atoms with Crippen molar-refractivity contribution in [2.45, 2.75) is 45.1 Å². The van der Waals surface area contributed by atoms with Gasteiger partial charge in [0, 0.05) is 6.04 Å². The van der Waals surface area contributed by atoms with Crippen LogP contribution >= 0.6 is 0 Å². The summed E-state index contributed by atoms with van der Waals surface area (Å²) in [5.74, 6) is 0. The minimum atomic E-state index is 0.312. The second-order valence-corrected chi connectivity index (χ2v) is 3.50. The fourth-order valence-electron chi connectivity index (χ4n) is 1.93. The van der Waals surface area contributed by atoms with Crippen molar-refractivity contribution in [1.29, 1.82) is 0 Å². The molecule has 1 unspecified atom stereocenters. The van der Waals surface area contributed by atoms with Crippen LogP contribution in [0.1, 0.15) is 39.0 Å². The lowest BCUT2D eigenvalue weighted by atomic mass is 9.86. The van der Waals surface area contributed by atoms with Gasteiger partial charge in [0.15, 0.2) is 0 Å². The summed E-state index contributed by atoms with van der Waals surface area (Å²) in [6.07, 6.45) is 7.92. The second kappa shape index (κ2) is 4.46. The lowest BCUT2D eigenvalue weighted by Crippen LogP contribution is -2.26. The Morgan fingerprint density at radius 2 is 2.42 bits per heavy atom. The van der Waals surface area contributed by atoms with Crippen molar-refractivity contribution in [3.05, 3.63) is 23.8 Å². The van der Waals surface area contributed by atoms with Gasteiger partial charge in [-0.3, -0.25) is 0 Å². The van der Waals surface area contributed by atoms with E-state index in [4.69, 9.17) is 5.73 Å². The average molecular weight is 165 g/mol. The Balaban J connectivity index is 2.79. The van der Waals surface area contributed by atoms with Crippen molar-refractivity contribution < 1.29 is 0 Å². The molecule has 1 atom stereocenters. The van der Waals surface area contributed by atoms with Crippen LogP contribution in [0.5, 0.6) is 0 Å². The molecule has 0 aliphatic heterocycles. The molecule has 0 heterocycles. The zero-order valence-electron chi connectivity index (χ0n) is 7.97. The highest BCUT2D eigenvalue weighted by molar-refractivity contribution is 5.30. The maximum absolute atomic E-state index is 6.03. The highest BCUT2D eigenvalue weighted by Crippen LogP contribution is 2.27. The van der Waals surface area contributed by atoms with Crippen molar-refractivity contribution in [2.75, 3.05) is 0 Å². The lowest BCUT2D eigenvalue weighted by Gasteiger charge is -2.24. The van der Waals surface area contributed by atoms with E-state index in [1.165, 1.54) is 30.4 Å². The largest absolute Gasteiger partial charge is 0.324 e. The van der Waals surface area contributed by atoms with Crippen molar-refractivity contribution in [2.24, 2.45) is 5.73 Å². The molecular weight excluding hydrogens is 146 g/mol. The molecule has 0 radical (unpaired) electrons.